The number of hydrogen-bond acceptors (Lipinski definition) is 5. The van der Waals surface area contributed by atoms with Crippen LogP contribution in [0.5, 0.6) is 5.75 Å². The third-order valence-electron chi connectivity index (χ3n) is 4.37. The molecule has 1 unspecified atom stereocenters. The number of thiazole rings is 1. The van der Waals surface area contributed by atoms with Crippen LogP contribution >= 0.6 is 11.3 Å². The van der Waals surface area contributed by atoms with Crippen molar-refractivity contribution in [1.29, 1.82) is 0 Å². The Morgan fingerprint density at radius 3 is 2.86 bits per heavy atom. The molecule has 0 spiro atoms. The standard InChI is InChI=1S/C22H20N2O3S/c1-14(21-11-16-6-3-4-9-20(16)27-21)23-22(25)17-7-5-8-19(10-17)26-12-18-13-28-15(2)24-18/h3-11,13-14H,12H2,1-2H3,(H,23,25). The third kappa shape index (κ3) is 4.07. The summed E-state index contributed by atoms with van der Waals surface area (Å²) in [4.78, 5) is 17.0. The van der Waals surface area contributed by atoms with E-state index in [0.29, 0.717) is 17.9 Å². The molecule has 6 heteroatoms. The zero-order chi connectivity index (χ0) is 19.5. The van der Waals surface area contributed by atoms with Crippen molar-refractivity contribution >= 4 is 28.2 Å². The molecule has 4 aromatic rings. The fourth-order valence-corrected chi connectivity index (χ4v) is 3.52. The van der Waals surface area contributed by atoms with Gasteiger partial charge in [0.1, 0.15) is 23.7 Å². The number of aryl methyl sites for hydroxylation is 1. The summed E-state index contributed by atoms with van der Waals surface area (Å²) in [6.45, 7) is 4.24. The molecule has 2 aromatic carbocycles. The monoisotopic (exact) mass is 392 g/mol. The van der Waals surface area contributed by atoms with Gasteiger partial charge in [0.25, 0.3) is 5.91 Å². The molecule has 142 valence electrons. The van der Waals surface area contributed by atoms with E-state index in [0.717, 1.165) is 27.4 Å². The summed E-state index contributed by atoms with van der Waals surface area (Å²) < 4.78 is 11.6. The zero-order valence-electron chi connectivity index (χ0n) is 15.6. The molecule has 0 saturated heterocycles. The lowest BCUT2D eigenvalue weighted by Crippen LogP contribution is -2.26. The minimum Gasteiger partial charge on any atom is -0.487 e. The Morgan fingerprint density at radius 2 is 2.07 bits per heavy atom. The first-order chi connectivity index (χ1) is 13.6. The Balaban J connectivity index is 1.42. The summed E-state index contributed by atoms with van der Waals surface area (Å²) in [5.41, 5.74) is 2.23. The molecule has 28 heavy (non-hydrogen) atoms. The van der Waals surface area contributed by atoms with Crippen molar-refractivity contribution in [1.82, 2.24) is 10.3 Å². The summed E-state index contributed by atoms with van der Waals surface area (Å²) in [5.74, 6) is 1.18. The van der Waals surface area contributed by atoms with E-state index in [1.54, 1.807) is 23.5 Å². The Kier molecular flexibility index (Phi) is 5.12. The predicted octanol–water partition coefficient (Wildman–Crippen LogP) is 5.27. The van der Waals surface area contributed by atoms with Gasteiger partial charge >= 0.3 is 0 Å². The van der Waals surface area contributed by atoms with Crippen LogP contribution in [0.3, 0.4) is 0 Å². The first-order valence-electron chi connectivity index (χ1n) is 9.02. The van der Waals surface area contributed by atoms with Gasteiger partial charge in [-0.1, -0.05) is 24.3 Å². The van der Waals surface area contributed by atoms with Gasteiger partial charge in [-0.3, -0.25) is 4.79 Å². The molecule has 2 heterocycles. The maximum atomic E-state index is 12.7. The normalized spacial score (nSPS) is 12.1. The Hall–Kier alpha value is -3.12. The van der Waals surface area contributed by atoms with Crippen LogP contribution in [-0.2, 0) is 6.61 Å². The van der Waals surface area contributed by atoms with E-state index in [-0.39, 0.29) is 11.9 Å². The quantitative estimate of drug-likeness (QED) is 0.486. The molecule has 0 fully saturated rings. The average molecular weight is 392 g/mol. The molecule has 2 aromatic heterocycles. The van der Waals surface area contributed by atoms with Crippen molar-refractivity contribution in [2.75, 3.05) is 0 Å². The van der Waals surface area contributed by atoms with Crippen molar-refractivity contribution in [3.63, 3.8) is 0 Å². The van der Waals surface area contributed by atoms with Gasteiger partial charge in [-0.15, -0.1) is 11.3 Å². The number of hydrogen-bond donors (Lipinski definition) is 1. The van der Waals surface area contributed by atoms with Crippen molar-refractivity contribution in [2.24, 2.45) is 0 Å². The lowest BCUT2D eigenvalue weighted by Gasteiger charge is -2.12. The highest BCUT2D eigenvalue weighted by molar-refractivity contribution is 7.09. The second-order valence-electron chi connectivity index (χ2n) is 6.56. The first-order valence-corrected chi connectivity index (χ1v) is 9.89. The van der Waals surface area contributed by atoms with Crippen LogP contribution in [0.25, 0.3) is 11.0 Å². The van der Waals surface area contributed by atoms with Crippen molar-refractivity contribution in [3.05, 3.63) is 82.0 Å². The Labute approximate surface area is 167 Å². The Bertz CT molecular complexity index is 1080. The maximum Gasteiger partial charge on any atom is 0.251 e. The van der Waals surface area contributed by atoms with Crippen molar-refractivity contribution < 1.29 is 13.9 Å². The van der Waals surface area contributed by atoms with Crippen LogP contribution in [0.4, 0.5) is 0 Å². The average Bonchev–Trinajstić information content (AvgIpc) is 3.32. The van der Waals surface area contributed by atoms with Crippen LogP contribution in [0.1, 0.15) is 39.8 Å². The maximum absolute atomic E-state index is 12.7. The van der Waals surface area contributed by atoms with E-state index in [1.807, 2.05) is 61.7 Å². The van der Waals surface area contributed by atoms with Crippen molar-refractivity contribution in [3.8, 4) is 5.75 Å². The predicted molar refractivity (Wildman–Crippen MR) is 110 cm³/mol. The number of benzene rings is 2. The lowest BCUT2D eigenvalue weighted by atomic mass is 10.1. The number of furan rings is 1. The van der Waals surface area contributed by atoms with E-state index in [1.165, 1.54) is 0 Å². The van der Waals surface area contributed by atoms with Gasteiger partial charge in [0.05, 0.1) is 16.7 Å². The molecule has 0 bridgehead atoms. The van der Waals surface area contributed by atoms with Crippen LogP contribution in [0.15, 0.2) is 64.4 Å². The Morgan fingerprint density at radius 1 is 1.21 bits per heavy atom. The molecule has 0 aliphatic carbocycles. The van der Waals surface area contributed by atoms with E-state index < -0.39 is 0 Å². The molecule has 1 atom stereocenters. The molecule has 0 aliphatic rings. The molecular formula is C22H20N2O3S. The molecule has 0 aliphatic heterocycles. The lowest BCUT2D eigenvalue weighted by molar-refractivity contribution is 0.0935. The number of ether oxygens (including phenoxy) is 1. The molecule has 5 nitrogen and oxygen atoms in total. The topological polar surface area (TPSA) is 64.4 Å². The fourth-order valence-electron chi connectivity index (χ4n) is 2.93. The van der Waals surface area contributed by atoms with E-state index in [9.17, 15) is 4.79 Å². The van der Waals surface area contributed by atoms with Gasteiger partial charge in [-0.2, -0.15) is 0 Å². The number of nitrogens with zero attached hydrogens (tertiary/aromatic N) is 1. The number of rotatable bonds is 6. The first kappa shape index (κ1) is 18.3. The zero-order valence-corrected chi connectivity index (χ0v) is 16.5. The van der Waals surface area contributed by atoms with E-state index in [2.05, 4.69) is 10.3 Å². The summed E-state index contributed by atoms with van der Waals surface area (Å²) in [6, 6.07) is 16.6. The molecule has 4 rings (SSSR count). The number of para-hydroxylation sites is 1. The highest BCUT2D eigenvalue weighted by Crippen LogP contribution is 2.24. The molecule has 0 saturated carbocycles. The van der Waals surface area contributed by atoms with Gasteiger partial charge in [-0.05, 0) is 44.2 Å². The second kappa shape index (κ2) is 7.86. The molecule has 1 amide bonds. The summed E-state index contributed by atoms with van der Waals surface area (Å²) >= 11 is 1.59. The van der Waals surface area contributed by atoms with Crippen LogP contribution in [0.2, 0.25) is 0 Å². The summed E-state index contributed by atoms with van der Waals surface area (Å²) in [6.07, 6.45) is 0. The number of amides is 1. The number of fused-ring (bicyclic) bond motifs is 1. The third-order valence-corrected chi connectivity index (χ3v) is 5.19. The largest absolute Gasteiger partial charge is 0.487 e. The van der Waals surface area contributed by atoms with Gasteiger partial charge in [0.15, 0.2) is 0 Å². The van der Waals surface area contributed by atoms with Gasteiger partial charge < -0.3 is 14.5 Å². The van der Waals surface area contributed by atoms with Crippen LogP contribution < -0.4 is 10.1 Å². The second-order valence-corrected chi connectivity index (χ2v) is 7.62. The fraction of sp³-hybridized carbons (Fsp3) is 0.182. The molecular weight excluding hydrogens is 372 g/mol. The number of carbonyl (C=O) groups is 1. The van der Waals surface area contributed by atoms with E-state index >= 15 is 0 Å². The minimum atomic E-state index is -0.248. The van der Waals surface area contributed by atoms with Gasteiger partial charge in [0, 0.05) is 16.3 Å². The van der Waals surface area contributed by atoms with Crippen molar-refractivity contribution in [2.45, 2.75) is 26.5 Å². The molecule has 0 radical (unpaired) electrons. The van der Waals surface area contributed by atoms with Crippen LogP contribution in [-0.4, -0.2) is 10.9 Å². The highest BCUT2D eigenvalue weighted by atomic mass is 32.1. The van der Waals surface area contributed by atoms with Crippen LogP contribution in [0, 0.1) is 6.92 Å². The summed E-state index contributed by atoms with van der Waals surface area (Å²) in [5, 5.41) is 6.98. The van der Waals surface area contributed by atoms with Gasteiger partial charge in [-0.25, -0.2) is 4.98 Å². The smallest absolute Gasteiger partial charge is 0.251 e. The number of aromatic nitrogens is 1. The minimum absolute atomic E-state index is 0.178. The van der Waals surface area contributed by atoms with E-state index in [4.69, 9.17) is 9.15 Å². The SMILES string of the molecule is Cc1nc(COc2cccc(C(=O)NC(C)c3cc4ccccc4o3)c2)cs1. The number of nitrogens with one attached hydrogen (secondary N) is 1. The summed E-state index contributed by atoms with van der Waals surface area (Å²) in [7, 11) is 0. The number of carbonyl (C=O) groups excluding carboxylic acids is 1. The van der Waals surface area contributed by atoms with Gasteiger partial charge in [0.2, 0.25) is 0 Å². The highest BCUT2D eigenvalue weighted by Gasteiger charge is 2.16. The molecule has 1 N–H and O–H groups in total.